The summed E-state index contributed by atoms with van der Waals surface area (Å²) in [4.78, 5) is 13.1. The number of benzene rings is 2. The fraction of sp³-hybridized carbons (Fsp3) is 0.292. The minimum atomic E-state index is -4.12. The lowest BCUT2D eigenvalue weighted by Gasteiger charge is -2.33. The molecule has 4 aromatic rings. The number of aliphatic hydroxyl groups is 2. The molecule has 194 valence electrons. The SMILES string of the molecule is NS(=O)(=O)NC[C@@]1(n2cnc3c(NCC(c4ccccc4)c4ccccc4)ncnc32)OC[C@@H](O)[C@@H]1O. The van der Waals surface area contributed by atoms with Crippen molar-refractivity contribution in [2.75, 3.05) is 25.0 Å². The largest absolute Gasteiger partial charge is 0.388 e. The first kappa shape index (κ1) is 25.2. The second-order valence-electron chi connectivity index (χ2n) is 8.80. The smallest absolute Gasteiger partial charge is 0.274 e. The number of imidazole rings is 1. The maximum Gasteiger partial charge on any atom is 0.274 e. The van der Waals surface area contributed by atoms with Gasteiger partial charge in [-0.2, -0.15) is 13.1 Å². The molecule has 6 N–H and O–H groups in total. The Morgan fingerprint density at radius 2 is 1.70 bits per heavy atom. The molecule has 0 bridgehead atoms. The molecule has 1 fully saturated rings. The van der Waals surface area contributed by atoms with E-state index in [-0.39, 0.29) is 18.2 Å². The third kappa shape index (κ3) is 5.05. The highest BCUT2D eigenvalue weighted by Gasteiger charge is 2.52. The number of fused-ring (bicyclic) bond motifs is 1. The Labute approximate surface area is 213 Å². The first-order valence-corrected chi connectivity index (χ1v) is 13.1. The number of aromatic nitrogens is 4. The molecular weight excluding hydrogens is 498 g/mol. The number of nitrogens with one attached hydrogen (secondary N) is 2. The molecule has 2 aromatic heterocycles. The highest BCUT2D eigenvalue weighted by molar-refractivity contribution is 7.87. The Hall–Kier alpha value is -3.46. The Kier molecular flexibility index (Phi) is 6.90. The van der Waals surface area contributed by atoms with Crippen molar-refractivity contribution in [2.24, 2.45) is 5.14 Å². The molecule has 3 atom stereocenters. The van der Waals surface area contributed by atoms with Crippen molar-refractivity contribution in [2.45, 2.75) is 23.9 Å². The van der Waals surface area contributed by atoms with Gasteiger partial charge in [-0.25, -0.2) is 20.1 Å². The number of nitrogens with zero attached hydrogens (tertiary/aromatic N) is 4. The van der Waals surface area contributed by atoms with E-state index >= 15 is 0 Å². The molecule has 37 heavy (non-hydrogen) atoms. The van der Waals surface area contributed by atoms with Crippen LogP contribution in [0.15, 0.2) is 73.3 Å². The van der Waals surface area contributed by atoms with Gasteiger partial charge in [0, 0.05) is 12.5 Å². The Bertz CT molecular complexity index is 1430. The fourth-order valence-corrected chi connectivity index (χ4v) is 5.01. The molecule has 1 aliphatic heterocycles. The average molecular weight is 526 g/mol. The van der Waals surface area contributed by atoms with Crippen LogP contribution >= 0.6 is 0 Å². The summed E-state index contributed by atoms with van der Waals surface area (Å²) in [6.45, 7) is -0.172. The van der Waals surface area contributed by atoms with Crippen molar-refractivity contribution in [3.05, 3.63) is 84.4 Å². The predicted molar refractivity (Wildman–Crippen MR) is 136 cm³/mol. The number of ether oxygens (including phenoxy) is 1. The van der Waals surface area contributed by atoms with Crippen LogP contribution in [0, 0.1) is 0 Å². The van der Waals surface area contributed by atoms with Gasteiger partial charge in [0.25, 0.3) is 10.2 Å². The van der Waals surface area contributed by atoms with E-state index < -0.39 is 34.7 Å². The van der Waals surface area contributed by atoms with Crippen LogP contribution in [0.5, 0.6) is 0 Å². The monoisotopic (exact) mass is 525 g/mol. The van der Waals surface area contributed by atoms with Gasteiger partial charge in [0.05, 0.1) is 19.5 Å². The number of hydrogen-bond donors (Lipinski definition) is 5. The van der Waals surface area contributed by atoms with E-state index in [2.05, 4.69) is 49.3 Å². The van der Waals surface area contributed by atoms with Crippen molar-refractivity contribution in [1.29, 1.82) is 0 Å². The molecule has 5 rings (SSSR count). The number of hydrogen-bond acceptors (Lipinski definition) is 9. The molecule has 12 nitrogen and oxygen atoms in total. The summed E-state index contributed by atoms with van der Waals surface area (Å²) >= 11 is 0. The van der Waals surface area contributed by atoms with Gasteiger partial charge in [-0.15, -0.1) is 0 Å². The van der Waals surface area contributed by atoms with Gasteiger partial charge in [0.1, 0.15) is 18.5 Å². The van der Waals surface area contributed by atoms with Crippen LogP contribution in [-0.4, -0.2) is 70.1 Å². The predicted octanol–water partition coefficient (Wildman–Crippen LogP) is 0.268. The van der Waals surface area contributed by atoms with Gasteiger partial charge in [0.2, 0.25) is 0 Å². The van der Waals surface area contributed by atoms with Crippen LogP contribution in [0.2, 0.25) is 0 Å². The summed E-state index contributed by atoms with van der Waals surface area (Å²) in [5.41, 5.74) is 1.19. The van der Waals surface area contributed by atoms with Crippen LogP contribution in [-0.2, 0) is 20.7 Å². The lowest BCUT2D eigenvalue weighted by atomic mass is 9.91. The molecule has 2 aromatic carbocycles. The molecule has 13 heteroatoms. The van der Waals surface area contributed by atoms with Crippen molar-refractivity contribution in [1.82, 2.24) is 24.2 Å². The van der Waals surface area contributed by atoms with Crippen molar-refractivity contribution in [3.8, 4) is 0 Å². The second-order valence-corrected chi connectivity index (χ2v) is 10.2. The zero-order valence-electron chi connectivity index (χ0n) is 19.7. The van der Waals surface area contributed by atoms with Gasteiger partial charge in [-0.05, 0) is 11.1 Å². The first-order chi connectivity index (χ1) is 17.8. The quantitative estimate of drug-likeness (QED) is 0.205. The summed E-state index contributed by atoms with van der Waals surface area (Å²) in [6.07, 6.45) is -0.0352. The van der Waals surface area contributed by atoms with Crippen LogP contribution < -0.4 is 15.2 Å². The molecule has 0 saturated carbocycles. The molecule has 1 saturated heterocycles. The zero-order valence-corrected chi connectivity index (χ0v) is 20.5. The highest BCUT2D eigenvalue weighted by Crippen LogP contribution is 2.35. The van der Waals surface area contributed by atoms with Crippen molar-refractivity contribution in [3.63, 3.8) is 0 Å². The molecule has 0 aliphatic carbocycles. The molecule has 3 heterocycles. The van der Waals surface area contributed by atoms with Crippen LogP contribution in [0.1, 0.15) is 17.0 Å². The normalized spacial score (nSPS) is 22.1. The summed E-state index contributed by atoms with van der Waals surface area (Å²) in [5, 5.41) is 29.4. The maximum absolute atomic E-state index is 11.6. The molecule has 0 spiro atoms. The van der Waals surface area contributed by atoms with Gasteiger partial charge < -0.3 is 20.3 Å². The lowest BCUT2D eigenvalue weighted by Crippen LogP contribution is -2.54. The summed E-state index contributed by atoms with van der Waals surface area (Å²) in [6, 6.07) is 20.2. The Morgan fingerprint density at radius 1 is 1.05 bits per heavy atom. The fourth-order valence-electron chi connectivity index (χ4n) is 4.60. The Morgan fingerprint density at radius 3 is 2.27 bits per heavy atom. The number of anilines is 1. The minimum absolute atomic E-state index is 0.0231. The topological polar surface area (TPSA) is 178 Å². The number of aliphatic hydroxyl groups excluding tert-OH is 2. The van der Waals surface area contributed by atoms with Gasteiger partial charge in [-0.1, -0.05) is 60.7 Å². The van der Waals surface area contributed by atoms with E-state index in [9.17, 15) is 18.6 Å². The summed E-state index contributed by atoms with van der Waals surface area (Å²) in [5.74, 6) is 0.471. The summed E-state index contributed by atoms with van der Waals surface area (Å²) in [7, 11) is -4.12. The van der Waals surface area contributed by atoms with E-state index in [0.29, 0.717) is 17.9 Å². The van der Waals surface area contributed by atoms with Gasteiger partial charge in [-0.3, -0.25) is 4.57 Å². The van der Waals surface area contributed by atoms with Crippen molar-refractivity contribution >= 4 is 27.2 Å². The van der Waals surface area contributed by atoms with Gasteiger partial charge >= 0.3 is 0 Å². The summed E-state index contributed by atoms with van der Waals surface area (Å²) < 4.78 is 32.5. The lowest BCUT2D eigenvalue weighted by molar-refractivity contribution is -0.116. The standard InChI is InChI=1S/C24H27N7O5S/c25-37(34,35)30-13-24(21(33)19(32)12-36-24)31-15-29-20-22(27-14-28-23(20)31)26-11-18(16-7-3-1-4-8-16)17-9-5-2-6-10-17/h1-10,14-15,18-19,21,30,32-33H,11-13H2,(H2,25,34,35)(H,26,27,28)/t19-,21+,24-/m1/s1. The van der Waals surface area contributed by atoms with Gasteiger partial charge in [0.15, 0.2) is 22.7 Å². The van der Waals surface area contributed by atoms with E-state index in [0.717, 1.165) is 11.1 Å². The van der Waals surface area contributed by atoms with E-state index in [1.807, 2.05) is 36.4 Å². The Balaban J connectivity index is 1.48. The zero-order chi connectivity index (χ0) is 26.0. The third-order valence-corrected chi connectivity index (χ3v) is 7.02. The molecular formula is C24H27N7O5S. The molecule has 0 amide bonds. The van der Waals surface area contributed by atoms with Crippen LogP contribution in [0.4, 0.5) is 5.82 Å². The molecule has 0 unspecified atom stereocenters. The van der Waals surface area contributed by atoms with Crippen LogP contribution in [0.3, 0.4) is 0 Å². The maximum atomic E-state index is 11.6. The number of nitrogens with two attached hydrogens (primary N) is 1. The molecule has 0 radical (unpaired) electrons. The van der Waals surface area contributed by atoms with E-state index in [1.165, 1.54) is 17.2 Å². The van der Waals surface area contributed by atoms with E-state index in [1.54, 1.807) is 0 Å². The number of rotatable bonds is 9. The average Bonchev–Trinajstić information content (AvgIpc) is 3.46. The first-order valence-electron chi connectivity index (χ1n) is 11.6. The van der Waals surface area contributed by atoms with Crippen molar-refractivity contribution < 1.29 is 23.4 Å². The molecule has 1 aliphatic rings. The third-order valence-electron chi connectivity index (χ3n) is 6.48. The van der Waals surface area contributed by atoms with E-state index in [4.69, 9.17) is 9.88 Å². The second kappa shape index (κ2) is 10.1. The minimum Gasteiger partial charge on any atom is -0.388 e. The highest BCUT2D eigenvalue weighted by atomic mass is 32.2. The van der Waals surface area contributed by atoms with Crippen LogP contribution in [0.25, 0.3) is 11.2 Å².